The molecule has 0 radical (unpaired) electrons. The number of carbonyl (C=O) groups is 1. The highest BCUT2D eigenvalue weighted by molar-refractivity contribution is 7.13. The highest BCUT2D eigenvalue weighted by Crippen LogP contribution is 2.31. The van der Waals surface area contributed by atoms with Crippen molar-refractivity contribution < 1.29 is 22.4 Å². The Hall–Kier alpha value is -2.78. The topological polar surface area (TPSA) is 36.4 Å². The number of carbonyl (C=O) groups excluding carboxylic acids is 1. The van der Waals surface area contributed by atoms with E-state index in [4.69, 9.17) is 0 Å². The maximum atomic E-state index is 13.2. The lowest BCUT2D eigenvalue weighted by atomic mass is 10.1. The van der Waals surface area contributed by atoms with Gasteiger partial charge in [-0.1, -0.05) is 24.3 Å². The largest absolute Gasteiger partial charge is 0.416 e. The normalized spacial score (nSPS) is 11.7. The zero-order chi connectivity index (χ0) is 23.3. The Labute approximate surface area is 188 Å². The smallest absolute Gasteiger partial charge is 0.337 e. The predicted molar refractivity (Wildman–Crippen MR) is 117 cm³/mol. The number of benzene rings is 2. The van der Waals surface area contributed by atoms with Crippen molar-refractivity contribution in [1.29, 1.82) is 0 Å². The summed E-state index contributed by atoms with van der Waals surface area (Å²) < 4.78 is 51.5. The van der Waals surface area contributed by atoms with Crippen molar-refractivity contribution in [3.8, 4) is 10.6 Å². The first-order valence-corrected chi connectivity index (χ1v) is 10.8. The maximum absolute atomic E-state index is 13.2. The molecule has 0 bridgehead atoms. The summed E-state index contributed by atoms with van der Waals surface area (Å²) in [6.07, 6.45) is -4.31. The van der Waals surface area contributed by atoms with Gasteiger partial charge in [-0.3, -0.25) is 4.79 Å². The molecule has 0 aliphatic carbocycles. The van der Waals surface area contributed by atoms with E-state index in [9.17, 15) is 22.4 Å². The van der Waals surface area contributed by atoms with E-state index in [1.165, 1.54) is 35.6 Å². The number of alkyl halides is 3. The summed E-state index contributed by atoms with van der Waals surface area (Å²) in [7, 11) is 3.83. The Balaban J connectivity index is 1.70. The lowest BCUT2D eigenvalue weighted by molar-refractivity contribution is -0.137. The molecular formula is C23H23F4N3OS. The van der Waals surface area contributed by atoms with Crippen LogP contribution in [-0.2, 0) is 23.9 Å². The molecule has 0 N–H and O–H groups in total. The second kappa shape index (κ2) is 10.2. The predicted octanol–water partition coefficient (Wildman–Crippen LogP) is 5.10. The third kappa shape index (κ3) is 6.61. The standard InChI is InChI=1S/C23H23F4N3OS/c1-29(2)11-12-30(14-16-3-9-19(24)10-4-16)21(31)13-20-15-32-22(28-20)17-5-7-18(8-6-17)23(25,26)27/h3-10,15H,11-14H2,1-2H3. The minimum absolute atomic E-state index is 0.0752. The van der Waals surface area contributed by atoms with E-state index in [2.05, 4.69) is 4.98 Å². The molecule has 0 unspecified atom stereocenters. The van der Waals surface area contributed by atoms with Crippen molar-refractivity contribution in [2.45, 2.75) is 19.1 Å². The van der Waals surface area contributed by atoms with Crippen LogP contribution < -0.4 is 0 Å². The van der Waals surface area contributed by atoms with Crippen LogP contribution in [0.4, 0.5) is 17.6 Å². The van der Waals surface area contributed by atoms with Gasteiger partial charge in [0.2, 0.25) is 5.91 Å². The van der Waals surface area contributed by atoms with Gasteiger partial charge in [0.05, 0.1) is 17.7 Å². The van der Waals surface area contributed by atoms with Crippen molar-refractivity contribution >= 4 is 17.2 Å². The molecule has 0 fully saturated rings. The van der Waals surface area contributed by atoms with Crippen LogP contribution in [0.5, 0.6) is 0 Å². The van der Waals surface area contributed by atoms with Crippen molar-refractivity contribution in [2.75, 3.05) is 27.2 Å². The van der Waals surface area contributed by atoms with E-state index in [1.807, 2.05) is 19.0 Å². The number of thiazole rings is 1. The van der Waals surface area contributed by atoms with Crippen molar-refractivity contribution in [2.24, 2.45) is 0 Å². The van der Waals surface area contributed by atoms with Crippen LogP contribution in [0.15, 0.2) is 53.9 Å². The molecule has 0 spiro atoms. The number of hydrogen-bond acceptors (Lipinski definition) is 4. The van der Waals surface area contributed by atoms with Crippen LogP contribution >= 0.6 is 11.3 Å². The SMILES string of the molecule is CN(C)CCN(Cc1ccc(F)cc1)C(=O)Cc1csc(-c2ccc(C(F)(F)F)cc2)n1. The molecular weight excluding hydrogens is 442 g/mol. The van der Waals surface area contributed by atoms with Gasteiger partial charge in [0.15, 0.2) is 0 Å². The molecule has 0 saturated heterocycles. The zero-order valence-corrected chi connectivity index (χ0v) is 18.5. The number of hydrogen-bond donors (Lipinski definition) is 0. The molecule has 4 nitrogen and oxygen atoms in total. The number of rotatable bonds is 8. The van der Waals surface area contributed by atoms with E-state index in [-0.39, 0.29) is 18.1 Å². The Bertz CT molecular complexity index is 1030. The summed E-state index contributed by atoms with van der Waals surface area (Å²) in [4.78, 5) is 21.1. The lowest BCUT2D eigenvalue weighted by Gasteiger charge is -2.24. The fourth-order valence-electron chi connectivity index (χ4n) is 3.01. The number of likely N-dealkylation sites (N-methyl/N-ethyl adjacent to an activating group) is 1. The molecule has 1 amide bonds. The average Bonchev–Trinajstić information content (AvgIpc) is 3.20. The first-order valence-electron chi connectivity index (χ1n) is 9.91. The molecule has 2 aromatic carbocycles. The van der Waals surface area contributed by atoms with E-state index in [0.29, 0.717) is 35.9 Å². The van der Waals surface area contributed by atoms with E-state index >= 15 is 0 Å². The number of nitrogens with zero attached hydrogens (tertiary/aromatic N) is 3. The van der Waals surface area contributed by atoms with Crippen molar-refractivity contribution in [3.63, 3.8) is 0 Å². The minimum Gasteiger partial charge on any atom is -0.337 e. The summed E-state index contributed by atoms with van der Waals surface area (Å²) >= 11 is 1.28. The molecule has 3 aromatic rings. The first-order chi connectivity index (χ1) is 15.1. The lowest BCUT2D eigenvalue weighted by Crippen LogP contribution is -2.37. The third-order valence-corrected chi connectivity index (χ3v) is 5.74. The Morgan fingerprint density at radius 3 is 2.25 bits per heavy atom. The number of amides is 1. The Kier molecular flexibility index (Phi) is 7.63. The highest BCUT2D eigenvalue weighted by Gasteiger charge is 2.30. The average molecular weight is 466 g/mol. The van der Waals surface area contributed by atoms with Gasteiger partial charge < -0.3 is 9.80 Å². The summed E-state index contributed by atoms with van der Waals surface area (Å²) in [6, 6.07) is 10.8. The third-order valence-electron chi connectivity index (χ3n) is 4.80. The fraction of sp³-hybridized carbons (Fsp3) is 0.304. The zero-order valence-electron chi connectivity index (χ0n) is 17.7. The van der Waals surface area contributed by atoms with E-state index < -0.39 is 11.7 Å². The van der Waals surface area contributed by atoms with Crippen LogP contribution in [0.3, 0.4) is 0 Å². The Morgan fingerprint density at radius 1 is 1.00 bits per heavy atom. The fourth-order valence-corrected chi connectivity index (χ4v) is 3.84. The number of halogens is 4. The monoisotopic (exact) mass is 465 g/mol. The van der Waals surface area contributed by atoms with Gasteiger partial charge in [-0.2, -0.15) is 13.2 Å². The molecule has 1 heterocycles. The second-order valence-electron chi connectivity index (χ2n) is 7.64. The molecule has 0 saturated carbocycles. The summed E-state index contributed by atoms with van der Waals surface area (Å²) in [5.74, 6) is -0.460. The van der Waals surface area contributed by atoms with Crippen LogP contribution in [0, 0.1) is 5.82 Å². The molecule has 3 rings (SSSR count). The van der Waals surface area contributed by atoms with Gasteiger partial charge in [-0.05, 0) is 43.9 Å². The Morgan fingerprint density at radius 2 is 1.66 bits per heavy atom. The molecule has 1 aromatic heterocycles. The summed E-state index contributed by atoms with van der Waals surface area (Å²) in [5, 5.41) is 2.30. The van der Waals surface area contributed by atoms with E-state index in [1.54, 1.807) is 22.4 Å². The van der Waals surface area contributed by atoms with Gasteiger partial charge in [0, 0.05) is 30.6 Å². The maximum Gasteiger partial charge on any atom is 0.416 e. The van der Waals surface area contributed by atoms with Crippen molar-refractivity contribution in [1.82, 2.24) is 14.8 Å². The molecule has 0 atom stereocenters. The minimum atomic E-state index is -4.39. The molecule has 0 aliphatic heterocycles. The van der Waals surface area contributed by atoms with Gasteiger partial charge in [0.25, 0.3) is 0 Å². The quantitative estimate of drug-likeness (QED) is 0.435. The second-order valence-corrected chi connectivity index (χ2v) is 8.50. The van der Waals surface area contributed by atoms with Gasteiger partial charge in [-0.15, -0.1) is 11.3 Å². The summed E-state index contributed by atoms with van der Waals surface area (Å²) in [6.45, 7) is 1.52. The van der Waals surface area contributed by atoms with Crippen LogP contribution in [0.2, 0.25) is 0 Å². The molecule has 0 aliphatic rings. The van der Waals surface area contributed by atoms with Crippen LogP contribution in [0.1, 0.15) is 16.8 Å². The van der Waals surface area contributed by atoms with Gasteiger partial charge >= 0.3 is 6.18 Å². The van der Waals surface area contributed by atoms with Crippen molar-refractivity contribution in [3.05, 3.63) is 76.5 Å². The van der Waals surface area contributed by atoms with Gasteiger partial charge in [0.1, 0.15) is 10.8 Å². The molecule has 170 valence electrons. The molecule has 9 heteroatoms. The molecule has 32 heavy (non-hydrogen) atoms. The summed E-state index contributed by atoms with van der Waals surface area (Å²) in [5.41, 5.74) is 1.23. The first kappa shape index (κ1) is 23.9. The van der Waals surface area contributed by atoms with E-state index in [0.717, 1.165) is 17.7 Å². The van der Waals surface area contributed by atoms with Crippen LogP contribution in [0.25, 0.3) is 10.6 Å². The van der Waals surface area contributed by atoms with Gasteiger partial charge in [-0.25, -0.2) is 9.37 Å². The number of aromatic nitrogens is 1. The highest BCUT2D eigenvalue weighted by atomic mass is 32.1. The van der Waals surface area contributed by atoms with Crippen LogP contribution in [-0.4, -0.2) is 47.9 Å².